The standard InChI is InChI=1S/C20H29F3N6O2/c1-15-27-28-18(29(15)2)12-26-19(24-8-5-9-30-3)25-11-16-6-4-7-17(10-16)13-31-14-20(21,22)23/h4,6-7,10H,5,8-9,11-14H2,1-3H3,(H2,24,25,26). The lowest BCUT2D eigenvalue weighted by Crippen LogP contribution is -2.38. The fourth-order valence-corrected chi connectivity index (χ4v) is 2.64. The molecule has 0 aliphatic heterocycles. The van der Waals surface area contributed by atoms with E-state index in [2.05, 4.69) is 25.8 Å². The summed E-state index contributed by atoms with van der Waals surface area (Å²) in [5.41, 5.74) is 1.52. The summed E-state index contributed by atoms with van der Waals surface area (Å²) < 4.78 is 48.4. The van der Waals surface area contributed by atoms with Crippen LogP contribution in [0.15, 0.2) is 29.3 Å². The van der Waals surface area contributed by atoms with Crippen molar-refractivity contribution >= 4 is 5.96 Å². The van der Waals surface area contributed by atoms with Gasteiger partial charge in [0.2, 0.25) is 0 Å². The van der Waals surface area contributed by atoms with Crippen LogP contribution in [0.4, 0.5) is 13.2 Å². The third kappa shape index (κ3) is 9.35. The minimum absolute atomic E-state index is 0.108. The van der Waals surface area contributed by atoms with Crippen LogP contribution in [0, 0.1) is 6.92 Å². The van der Waals surface area contributed by atoms with E-state index in [4.69, 9.17) is 9.47 Å². The van der Waals surface area contributed by atoms with Gasteiger partial charge in [-0.15, -0.1) is 10.2 Å². The Morgan fingerprint density at radius 1 is 1.19 bits per heavy atom. The Balaban J connectivity index is 1.97. The summed E-state index contributed by atoms with van der Waals surface area (Å²) in [4.78, 5) is 4.58. The van der Waals surface area contributed by atoms with E-state index < -0.39 is 12.8 Å². The van der Waals surface area contributed by atoms with Gasteiger partial charge in [0.05, 0.1) is 19.7 Å². The van der Waals surface area contributed by atoms with E-state index >= 15 is 0 Å². The van der Waals surface area contributed by atoms with Gasteiger partial charge in [-0.25, -0.2) is 4.99 Å². The first-order valence-electron chi connectivity index (χ1n) is 9.87. The number of halogens is 3. The average Bonchev–Trinajstić information content (AvgIpc) is 3.04. The monoisotopic (exact) mass is 442 g/mol. The molecule has 172 valence electrons. The molecule has 0 spiro atoms. The largest absolute Gasteiger partial charge is 0.411 e. The molecule has 0 radical (unpaired) electrons. The fraction of sp³-hybridized carbons (Fsp3) is 0.550. The van der Waals surface area contributed by atoms with Crippen molar-refractivity contribution in [3.63, 3.8) is 0 Å². The molecule has 0 saturated heterocycles. The molecule has 0 aliphatic carbocycles. The number of ether oxygens (including phenoxy) is 2. The second kappa shape index (κ2) is 12.3. The van der Waals surface area contributed by atoms with Crippen LogP contribution in [0.2, 0.25) is 0 Å². The number of aromatic nitrogens is 3. The number of hydrogen-bond donors (Lipinski definition) is 2. The molecule has 0 fully saturated rings. The summed E-state index contributed by atoms with van der Waals surface area (Å²) in [5.74, 6) is 2.18. The van der Waals surface area contributed by atoms with Crippen LogP contribution in [0.5, 0.6) is 0 Å². The summed E-state index contributed by atoms with van der Waals surface area (Å²) in [5, 5.41) is 14.6. The quantitative estimate of drug-likeness (QED) is 0.316. The van der Waals surface area contributed by atoms with Gasteiger partial charge < -0.3 is 24.7 Å². The Bertz CT molecular complexity index is 839. The average molecular weight is 442 g/mol. The van der Waals surface area contributed by atoms with Gasteiger partial charge in [0.15, 0.2) is 11.8 Å². The third-order valence-electron chi connectivity index (χ3n) is 4.36. The van der Waals surface area contributed by atoms with Gasteiger partial charge in [0.25, 0.3) is 0 Å². The van der Waals surface area contributed by atoms with Crippen LogP contribution >= 0.6 is 0 Å². The normalized spacial score (nSPS) is 12.3. The zero-order chi connectivity index (χ0) is 22.7. The highest BCUT2D eigenvalue weighted by Crippen LogP contribution is 2.16. The van der Waals surface area contributed by atoms with Crippen molar-refractivity contribution < 1.29 is 22.6 Å². The fourth-order valence-electron chi connectivity index (χ4n) is 2.64. The number of aliphatic imine (C=N–C) groups is 1. The Morgan fingerprint density at radius 3 is 2.65 bits per heavy atom. The Labute approximate surface area is 179 Å². The van der Waals surface area contributed by atoms with Gasteiger partial charge in [-0.2, -0.15) is 13.2 Å². The van der Waals surface area contributed by atoms with Gasteiger partial charge >= 0.3 is 6.18 Å². The maximum Gasteiger partial charge on any atom is 0.411 e. The van der Waals surface area contributed by atoms with Gasteiger partial charge in [-0.05, 0) is 24.5 Å². The molecule has 2 N–H and O–H groups in total. The zero-order valence-electron chi connectivity index (χ0n) is 18.0. The highest BCUT2D eigenvalue weighted by atomic mass is 19.4. The highest BCUT2D eigenvalue weighted by Gasteiger charge is 2.27. The minimum Gasteiger partial charge on any atom is -0.385 e. The molecule has 0 bridgehead atoms. The predicted molar refractivity (Wildman–Crippen MR) is 110 cm³/mol. The van der Waals surface area contributed by atoms with Gasteiger partial charge in [0, 0.05) is 27.3 Å². The van der Waals surface area contributed by atoms with Gasteiger partial charge in [0.1, 0.15) is 12.4 Å². The number of nitrogens with zero attached hydrogens (tertiary/aromatic N) is 4. The lowest BCUT2D eigenvalue weighted by Gasteiger charge is -2.13. The molecule has 2 aromatic rings. The predicted octanol–water partition coefficient (Wildman–Crippen LogP) is 2.47. The lowest BCUT2D eigenvalue weighted by molar-refractivity contribution is -0.176. The Kier molecular flexibility index (Phi) is 9.73. The molecule has 0 saturated carbocycles. The van der Waals surface area contributed by atoms with Crippen LogP contribution < -0.4 is 10.6 Å². The number of benzene rings is 1. The molecular formula is C20H29F3N6O2. The van der Waals surface area contributed by atoms with E-state index in [1.54, 1.807) is 25.3 Å². The van der Waals surface area contributed by atoms with Crippen molar-refractivity contribution in [2.24, 2.45) is 12.0 Å². The molecule has 8 nitrogen and oxygen atoms in total. The molecule has 2 rings (SSSR count). The molecule has 11 heteroatoms. The van der Waals surface area contributed by atoms with Crippen molar-refractivity contribution in [2.75, 3.05) is 26.9 Å². The van der Waals surface area contributed by atoms with Gasteiger partial charge in [-0.3, -0.25) is 0 Å². The first kappa shape index (κ1) is 24.6. The SMILES string of the molecule is COCCCNC(=NCc1cccc(COCC(F)(F)F)c1)NCc1nnc(C)n1C. The molecule has 0 atom stereocenters. The highest BCUT2D eigenvalue weighted by molar-refractivity contribution is 5.79. The molecule has 0 aliphatic rings. The summed E-state index contributed by atoms with van der Waals surface area (Å²) in [6.07, 6.45) is -3.52. The number of hydrogen-bond acceptors (Lipinski definition) is 5. The smallest absolute Gasteiger partial charge is 0.385 e. The van der Waals surface area contributed by atoms with Crippen molar-refractivity contribution in [3.8, 4) is 0 Å². The maximum atomic E-state index is 12.2. The number of aryl methyl sites for hydroxylation is 1. The topological polar surface area (TPSA) is 85.6 Å². The maximum absolute atomic E-state index is 12.2. The summed E-state index contributed by atoms with van der Waals surface area (Å²) in [6, 6.07) is 7.15. The van der Waals surface area contributed by atoms with E-state index in [-0.39, 0.29) is 6.61 Å². The summed E-state index contributed by atoms with van der Waals surface area (Å²) >= 11 is 0. The van der Waals surface area contributed by atoms with Crippen LogP contribution in [0.25, 0.3) is 0 Å². The van der Waals surface area contributed by atoms with Crippen LogP contribution in [-0.2, 0) is 36.2 Å². The number of rotatable bonds is 11. The van der Waals surface area contributed by atoms with Crippen LogP contribution in [-0.4, -0.2) is 53.8 Å². The van der Waals surface area contributed by atoms with Crippen LogP contribution in [0.1, 0.15) is 29.2 Å². The van der Waals surface area contributed by atoms with Crippen molar-refractivity contribution in [2.45, 2.75) is 39.2 Å². The lowest BCUT2D eigenvalue weighted by atomic mass is 10.1. The van der Waals surface area contributed by atoms with E-state index in [0.29, 0.717) is 37.8 Å². The summed E-state index contributed by atoms with van der Waals surface area (Å²) in [7, 11) is 3.54. The minimum atomic E-state index is -4.34. The van der Waals surface area contributed by atoms with Gasteiger partial charge in [-0.1, -0.05) is 24.3 Å². The third-order valence-corrected chi connectivity index (χ3v) is 4.36. The number of nitrogens with one attached hydrogen (secondary N) is 2. The molecular weight excluding hydrogens is 413 g/mol. The first-order valence-corrected chi connectivity index (χ1v) is 9.87. The Morgan fingerprint density at radius 2 is 1.97 bits per heavy atom. The number of alkyl halides is 3. The molecule has 1 aromatic heterocycles. The molecule has 0 unspecified atom stereocenters. The number of guanidine groups is 1. The Hall–Kier alpha value is -2.66. The summed E-state index contributed by atoms with van der Waals surface area (Å²) in [6.45, 7) is 2.59. The van der Waals surface area contributed by atoms with Crippen molar-refractivity contribution in [1.29, 1.82) is 0 Å². The molecule has 1 aromatic carbocycles. The molecule has 31 heavy (non-hydrogen) atoms. The second-order valence-electron chi connectivity index (χ2n) is 6.94. The van der Waals surface area contributed by atoms with E-state index in [9.17, 15) is 13.2 Å². The van der Waals surface area contributed by atoms with Crippen molar-refractivity contribution in [3.05, 3.63) is 47.0 Å². The molecule has 0 amide bonds. The second-order valence-corrected chi connectivity index (χ2v) is 6.94. The van der Waals surface area contributed by atoms with E-state index in [0.717, 1.165) is 23.6 Å². The van der Waals surface area contributed by atoms with Crippen molar-refractivity contribution in [1.82, 2.24) is 25.4 Å². The van der Waals surface area contributed by atoms with E-state index in [1.165, 1.54) is 0 Å². The zero-order valence-corrected chi connectivity index (χ0v) is 18.0. The first-order chi connectivity index (χ1) is 14.8. The van der Waals surface area contributed by atoms with E-state index in [1.807, 2.05) is 24.6 Å². The number of methoxy groups -OCH3 is 1. The molecule has 1 heterocycles. The van der Waals surface area contributed by atoms with Crippen LogP contribution in [0.3, 0.4) is 0 Å².